The second kappa shape index (κ2) is 10.2. The molecule has 0 aliphatic carbocycles. The summed E-state index contributed by atoms with van der Waals surface area (Å²) in [6.07, 6.45) is -3.69. The predicted molar refractivity (Wildman–Crippen MR) is 138 cm³/mol. The van der Waals surface area contributed by atoms with Crippen LogP contribution in [-0.4, -0.2) is 30.8 Å². The molecular formula is C27H22F4N2O5S. The maximum Gasteiger partial charge on any atom is 0.573 e. The highest BCUT2D eigenvalue weighted by molar-refractivity contribution is 7.74. The Morgan fingerprint density at radius 2 is 1.69 bits per heavy atom. The summed E-state index contributed by atoms with van der Waals surface area (Å²) >= 11 is 0. The Morgan fingerprint density at radius 3 is 2.28 bits per heavy atom. The van der Waals surface area contributed by atoms with Crippen LogP contribution in [0.4, 0.5) is 28.9 Å². The van der Waals surface area contributed by atoms with Gasteiger partial charge in [-0.3, -0.25) is 4.98 Å². The van der Waals surface area contributed by atoms with Gasteiger partial charge in [0.15, 0.2) is 0 Å². The van der Waals surface area contributed by atoms with E-state index in [1.54, 1.807) is 20.8 Å². The first-order valence-corrected chi connectivity index (χ1v) is 12.6. The number of pyridine rings is 1. The van der Waals surface area contributed by atoms with Crippen molar-refractivity contribution in [2.75, 3.05) is 4.31 Å². The number of anilines is 2. The molecule has 0 fully saturated rings. The number of carboxylic acids is 1. The van der Waals surface area contributed by atoms with Crippen molar-refractivity contribution in [2.24, 2.45) is 0 Å². The van der Waals surface area contributed by atoms with Crippen molar-refractivity contribution in [3.8, 4) is 16.9 Å². The number of rotatable bonds is 6. The molecule has 0 aliphatic heterocycles. The van der Waals surface area contributed by atoms with E-state index < -0.39 is 40.2 Å². The zero-order valence-electron chi connectivity index (χ0n) is 20.8. The van der Waals surface area contributed by atoms with Crippen LogP contribution in [0.2, 0.25) is 0 Å². The molecule has 1 N–H and O–H groups in total. The molecule has 3 aromatic carbocycles. The zero-order chi connectivity index (χ0) is 28.7. The molecule has 0 radical (unpaired) electrons. The van der Waals surface area contributed by atoms with Gasteiger partial charge in [-0.05, 0) is 59.0 Å². The minimum atomic E-state index is -5.04. The minimum absolute atomic E-state index is 0.0363. The summed E-state index contributed by atoms with van der Waals surface area (Å²) in [6.45, 7) is 5.36. The number of benzene rings is 3. The Labute approximate surface area is 222 Å². The van der Waals surface area contributed by atoms with E-state index in [-0.39, 0.29) is 39.0 Å². The monoisotopic (exact) mass is 562 g/mol. The van der Waals surface area contributed by atoms with E-state index in [0.29, 0.717) is 5.56 Å². The van der Waals surface area contributed by atoms with Gasteiger partial charge in [-0.15, -0.1) is 13.2 Å². The summed E-state index contributed by atoms with van der Waals surface area (Å²) in [6, 6.07) is 12.4. The maximum atomic E-state index is 15.1. The van der Waals surface area contributed by atoms with Crippen LogP contribution in [0.1, 0.15) is 36.7 Å². The smallest absolute Gasteiger partial charge is 0.478 e. The van der Waals surface area contributed by atoms with E-state index in [2.05, 4.69) is 9.72 Å². The lowest BCUT2D eigenvalue weighted by Gasteiger charge is -2.25. The average Bonchev–Trinajstić information content (AvgIpc) is 2.82. The molecule has 12 heteroatoms. The number of halogens is 4. The van der Waals surface area contributed by atoms with Gasteiger partial charge in [0.1, 0.15) is 11.6 Å². The van der Waals surface area contributed by atoms with Crippen LogP contribution in [-0.2, 0) is 16.3 Å². The Balaban J connectivity index is 2.02. The van der Waals surface area contributed by atoms with Crippen molar-refractivity contribution in [2.45, 2.75) is 32.5 Å². The fourth-order valence-electron chi connectivity index (χ4n) is 4.26. The highest BCUT2D eigenvalue weighted by Crippen LogP contribution is 2.42. The largest absolute Gasteiger partial charge is 0.573 e. The number of nitrogens with zero attached hydrogens (tertiary/aromatic N) is 2. The number of aromatic nitrogens is 1. The number of carboxylic acid groups (broad SMARTS) is 1. The van der Waals surface area contributed by atoms with Crippen LogP contribution in [0.15, 0.2) is 66.9 Å². The molecule has 0 amide bonds. The average molecular weight is 563 g/mol. The van der Waals surface area contributed by atoms with Gasteiger partial charge in [0.2, 0.25) is 10.9 Å². The van der Waals surface area contributed by atoms with E-state index in [1.807, 2.05) is 0 Å². The first kappa shape index (κ1) is 27.8. The lowest BCUT2D eigenvalue weighted by Crippen LogP contribution is -2.19. The van der Waals surface area contributed by atoms with E-state index >= 15 is 4.39 Å². The van der Waals surface area contributed by atoms with Gasteiger partial charge in [-0.1, -0.05) is 39.0 Å². The van der Waals surface area contributed by atoms with Crippen molar-refractivity contribution < 1.29 is 40.6 Å². The molecule has 1 aromatic heterocycles. The van der Waals surface area contributed by atoms with Crippen molar-refractivity contribution in [1.29, 1.82) is 0 Å². The number of alkyl halides is 3. The van der Waals surface area contributed by atoms with Gasteiger partial charge in [0.25, 0.3) is 0 Å². The lowest BCUT2D eigenvalue weighted by atomic mass is 9.86. The van der Waals surface area contributed by atoms with Crippen LogP contribution < -0.4 is 9.04 Å². The van der Waals surface area contributed by atoms with Crippen molar-refractivity contribution in [3.05, 3.63) is 83.8 Å². The van der Waals surface area contributed by atoms with E-state index in [1.165, 1.54) is 42.6 Å². The Bertz CT molecular complexity index is 1650. The number of hydrogen-bond donors (Lipinski definition) is 2. The molecule has 4 rings (SSSR count). The quantitative estimate of drug-likeness (QED) is 0.203. The summed E-state index contributed by atoms with van der Waals surface area (Å²) in [4.78, 5) is 15.9. The Kier molecular flexibility index (Phi) is 7.26. The topological polar surface area (TPSA) is 96.8 Å². The van der Waals surface area contributed by atoms with Crippen LogP contribution >= 0.6 is 0 Å². The van der Waals surface area contributed by atoms with Gasteiger partial charge in [-0.25, -0.2) is 21.9 Å². The number of carbonyl (C=O) groups is 1. The number of fused-ring (bicyclic) bond motifs is 1. The fraction of sp³-hybridized carbons (Fsp3) is 0.185. The molecule has 4 aromatic rings. The molecule has 0 atom stereocenters. The van der Waals surface area contributed by atoms with Gasteiger partial charge < -0.3 is 9.84 Å². The van der Waals surface area contributed by atoms with E-state index in [9.17, 15) is 31.5 Å². The summed E-state index contributed by atoms with van der Waals surface area (Å²) in [5, 5.41) is 9.81. The van der Waals surface area contributed by atoms with Crippen molar-refractivity contribution >= 4 is 39.1 Å². The van der Waals surface area contributed by atoms with Gasteiger partial charge in [0.05, 0.1) is 22.5 Å². The molecule has 0 bridgehead atoms. The SMILES string of the molecule is CC(C)(C)c1ccc(N(c2ccc(OC(F)(F)F)cc2-c2ccc(C(=O)O)c3ncccc23)[SH](=O)=O)cc1F. The number of thiol groups is 1. The molecule has 1 heterocycles. The first-order valence-electron chi connectivity index (χ1n) is 11.4. The van der Waals surface area contributed by atoms with Crippen molar-refractivity contribution in [1.82, 2.24) is 4.98 Å². The van der Waals surface area contributed by atoms with Crippen molar-refractivity contribution in [3.63, 3.8) is 0 Å². The molecule has 0 saturated carbocycles. The summed E-state index contributed by atoms with van der Waals surface area (Å²) < 4.78 is 84.1. The Morgan fingerprint density at radius 1 is 0.974 bits per heavy atom. The molecule has 0 spiro atoms. The van der Waals surface area contributed by atoms with Crippen LogP contribution in [0.5, 0.6) is 5.75 Å². The third-order valence-corrected chi connectivity index (χ3v) is 6.66. The molecule has 0 aliphatic rings. The summed E-state index contributed by atoms with van der Waals surface area (Å²) in [7, 11) is -3.48. The fourth-order valence-corrected chi connectivity index (χ4v) is 4.92. The normalized spacial score (nSPS) is 12.1. The molecule has 39 heavy (non-hydrogen) atoms. The zero-order valence-corrected chi connectivity index (χ0v) is 21.7. The molecule has 204 valence electrons. The van der Waals surface area contributed by atoms with Crippen LogP contribution in [0, 0.1) is 5.82 Å². The standard InChI is InChI=1S/C27H22F4N2O5S/c1-26(2,3)21-10-6-15(13-22(21)28)33(39(36)37)23-11-7-16(38-27(29,30)31)14-20(23)17-8-9-19(25(34)35)24-18(17)5-4-12-32-24/h4-14,39H,1-3H3,(H,34,35). The highest BCUT2D eigenvalue weighted by Gasteiger charge is 2.32. The van der Waals surface area contributed by atoms with Gasteiger partial charge in [0, 0.05) is 17.1 Å². The van der Waals surface area contributed by atoms with Gasteiger partial charge in [-0.2, -0.15) is 0 Å². The molecule has 7 nitrogen and oxygen atoms in total. The molecule has 0 unspecified atom stereocenters. The van der Waals surface area contributed by atoms with E-state index in [4.69, 9.17) is 0 Å². The number of aromatic carboxylic acids is 1. The third kappa shape index (κ3) is 5.80. The Hall–Kier alpha value is -4.19. The molecule has 0 saturated heterocycles. The second-order valence-electron chi connectivity index (χ2n) is 9.56. The maximum absolute atomic E-state index is 15.1. The highest BCUT2D eigenvalue weighted by atomic mass is 32.2. The van der Waals surface area contributed by atoms with Crippen LogP contribution in [0.3, 0.4) is 0 Å². The predicted octanol–water partition coefficient (Wildman–Crippen LogP) is 6.60. The number of hydrogen-bond acceptors (Lipinski definition) is 5. The molecular weight excluding hydrogens is 540 g/mol. The third-order valence-electron chi connectivity index (χ3n) is 5.89. The van der Waals surface area contributed by atoms with Crippen LogP contribution in [0.25, 0.3) is 22.0 Å². The second-order valence-corrected chi connectivity index (χ2v) is 10.4. The first-order chi connectivity index (χ1) is 18.2. The minimum Gasteiger partial charge on any atom is -0.478 e. The summed E-state index contributed by atoms with van der Waals surface area (Å²) in [5.41, 5.74) is -0.441. The lowest BCUT2D eigenvalue weighted by molar-refractivity contribution is -0.274. The van der Waals surface area contributed by atoms with Gasteiger partial charge >= 0.3 is 12.3 Å². The number of ether oxygens (including phenoxy) is 1. The van der Waals surface area contributed by atoms with E-state index in [0.717, 1.165) is 28.6 Å². The summed E-state index contributed by atoms with van der Waals surface area (Å²) in [5.74, 6) is -2.59.